The van der Waals surface area contributed by atoms with Crippen molar-refractivity contribution in [2.24, 2.45) is 0 Å². The first-order valence-corrected chi connectivity index (χ1v) is 5.91. The fourth-order valence-electron chi connectivity index (χ4n) is 1.53. The van der Waals surface area contributed by atoms with E-state index < -0.39 is 40.3 Å². The van der Waals surface area contributed by atoms with E-state index >= 15 is 0 Å². The highest BCUT2D eigenvalue weighted by molar-refractivity contribution is 6.05. The molecule has 7 heteroatoms. The fourth-order valence-corrected chi connectivity index (χ4v) is 1.53. The van der Waals surface area contributed by atoms with E-state index in [2.05, 4.69) is 0 Å². The summed E-state index contributed by atoms with van der Waals surface area (Å²) in [5.41, 5.74) is -2.11. The minimum absolute atomic E-state index is 0.500. The van der Waals surface area contributed by atoms with Crippen LogP contribution in [0.15, 0.2) is 48.5 Å². The van der Waals surface area contributed by atoms with Gasteiger partial charge in [-0.1, -0.05) is 36.4 Å². The first-order valence-electron chi connectivity index (χ1n) is 5.91. The molecular formula is C15H12O7. The normalized spacial score (nSPS) is 9.27. The average molecular weight is 304 g/mol. The van der Waals surface area contributed by atoms with Gasteiger partial charge in [0.25, 0.3) is 0 Å². The molecule has 7 nitrogen and oxygen atoms in total. The van der Waals surface area contributed by atoms with E-state index in [1.807, 2.05) is 36.4 Å². The van der Waals surface area contributed by atoms with Gasteiger partial charge in [0.15, 0.2) is 0 Å². The minimum atomic E-state index is -1.65. The maximum absolute atomic E-state index is 10.7. The van der Waals surface area contributed by atoms with Crippen LogP contribution < -0.4 is 0 Å². The molecule has 0 aliphatic carbocycles. The molecule has 0 aromatic heterocycles. The topological polar surface area (TPSA) is 132 Å². The third-order valence-electron chi connectivity index (χ3n) is 2.48. The molecule has 0 amide bonds. The number of carbonyl (C=O) groups is 3. The summed E-state index contributed by atoms with van der Waals surface area (Å²) in [7, 11) is 0. The molecule has 0 heterocycles. The van der Waals surface area contributed by atoms with Crippen molar-refractivity contribution >= 4 is 17.9 Å². The number of aromatic carboxylic acids is 3. The highest BCUT2D eigenvalue weighted by atomic mass is 16.4. The number of rotatable bonds is 3. The quantitative estimate of drug-likeness (QED) is 0.683. The van der Waals surface area contributed by atoms with E-state index in [9.17, 15) is 19.5 Å². The van der Waals surface area contributed by atoms with E-state index in [0.717, 1.165) is 0 Å². The number of benzene rings is 2. The molecule has 0 aliphatic rings. The Kier molecular flexibility index (Phi) is 5.65. The molecule has 0 unspecified atom stereocenters. The van der Waals surface area contributed by atoms with Crippen LogP contribution in [0.2, 0.25) is 0 Å². The standard InChI is InChI=1S/C9H6O7.C6H6/c10-5-2-3(7(11)12)1-4(8(13)14)6(5)9(15)16;1-2-4-6-5-3-1/h1-2,10H,(H,11,12)(H,13,14)(H,15,16);1-6H. The van der Waals surface area contributed by atoms with E-state index in [1.165, 1.54) is 0 Å². The van der Waals surface area contributed by atoms with E-state index in [0.29, 0.717) is 12.1 Å². The number of hydrogen-bond donors (Lipinski definition) is 4. The molecular weight excluding hydrogens is 292 g/mol. The van der Waals surface area contributed by atoms with Gasteiger partial charge in [-0.2, -0.15) is 0 Å². The summed E-state index contributed by atoms with van der Waals surface area (Å²) >= 11 is 0. The summed E-state index contributed by atoms with van der Waals surface area (Å²) in [5, 5.41) is 35.2. The zero-order valence-corrected chi connectivity index (χ0v) is 11.1. The third kappa shape index (κ3) is 4.34. The molecule has 0 atom stereocenters. The Balaban J connectivity index is 0.000000335. The smallest absolute Gasteiger partial charge is 0.340 e. The lowest BCUT2D eigenvalue weighted by Crippen LogP contribution is -2.10. The second-order valence-electron chi connectivity index (χ2n) is 3.99. The Morgan fingerprint density at radius 2 is 1.14 bits per heavy atom. The first kappa shape index (κ1) is 16.7. The summed E-state index contributed by atoms with van der Waals surface area (Å²) in [5.74, 6) is -5.64. The highest BCUT2D eigenvalue weighted by Gasteiger charge is 2.23. The summed E-state index contributed by atoms with van der Waals surface area (Å²) in [6, 6.07) is 13.4. The lowest BCUT2D eigenvalue weighted by molar-refractivity contribution is 0.0645. The lowest BCUT2D eigenvalue weighted by atomic mass is 10.0. The van der Waals surface area contributed by atoms with E-state index in [-0.39, 0.29) is 0 Å². The minimum Gasteiger partial charge on any atom is -0.507 e. The zero-order chi connectivity index (χ0) is 16.7. The lowest BCUT2D eigenvalue weighted by Gasteiger charge is -2.05. The Hall–Kier alpha value is -3.35. The Bertz CT molecular complexity index is 666. The van der Waals surface area contributed by atoms with Gasteiger partial charge in [0.05, 0.1) is 11.1 Å². The number of carboxylic acid groups (broad SMARTS) is 3. The number of phenols is 1. The molecule has 2 rings (SSSR count). The zero-order valence-electron chi connectivity index (χ0n) is 11.1. The van der Waals surface area contributed by atoms with Gasteiger partial charge in [0.1, 0.15) is 11.3 Å². The average Bonchev–Trinajstić information content (AvgIpc) is 2.48. The molecule has 0 spiro atoms. The van der Waals surface area contributed by atoms with Crippen LogP contribution in [0.3, 0.4) is 0 Å². The summed E-state index contributed by atoms with van der Waals surface area (Å²) in [6.45, 7) is 0. The monoisotopic (exact) mass is 304 g/mol. The van der Waals surface area contributed by atoms with Crippen molar-refractivity contribution in [3.63, 3.8) is 0 Å². The van der Waals surface area contributed by atoms with Crippen LogP contribution in [-0.2, 0) is 0 Å². The third-order valence-corrected chi connectivity index (χ3v) is 2.48. The molecule has 0 aliphatic heterocycles. The molecule has 0 saturated heterocycles. The fraction of sp³-hybridized carbons (Fsp3) is 0. The summed E-state index contributed by atoms with van der Waals surface area (Å²) in [4.78, 5) is 31.9. The van der Waals surface area contributed by atoms with Crippen molar-refractivity contribution in [1.82, 2.24) is 0 Å². The molecule has 0 radical (unpaired) electrons. The molecule has 4 N–H and O–H groups in total. The predicted molar refractivity (Wildman–Crippen MR) is 75.4 cm³/mol. The van der Waals surface area contributed by atoms with Crippen LogP contribution in [0.25, 0.3) is 0 Å². The first-order chi connectivity index (χ1) is 10.3. The SMILES string of the molecule is O=C(O)c1cc(O)c(C(=O)O)c(C(=O)O)c1.c1ccccc1. The molecule has 2 aromatic rings. The van der Waals surface area contributed by atoms with Crippen LogP contribution in [-0.4, -0.2) is 38.3 Å². The van der Waals surface area contributed by atoms with Gasteiger partial charge in [-0.25, -0.2) is 14.4 Å². The molecule has 0 fully saturated rings. The maximum atomic E-state index is 10.7. The van der Waals surface area contributed by atoms with Crippen LogP contribution in [0.5, 0.6) is 5.75 Å². The van der Waals surface area contributed by atoms with Gasteiger partial charge in [0, 0.05) is 0 Å². The molecule has 114 valence electrons. The second kappa shape index (κ2) is 7.44. The Morgan fingerprint density at radius 1 is 0.682 bits per heavy atom. The molecule has 0 bridgehead atoms. The summed E-state index contributed by atoms with van der Waals surface area (Å²) in [6.07, 6.45) is 0. The van der Waals surface area contributed by atoms with Crippen molar-refractivity contribution in [3.8, 4) is 5.75 Å². The van der Waals surface area contributed by atoms with Gasteiger partial charge in [0.2, 0.25) is 0 Å². The molecule has 22 heavy (non-hydrogen) atoms. The van der Waals surface area contributed by atoms with Crippen molar-refractivity contribution in [2.45, 2.75) is 0 Å². The largest absolute Gasteiger partial charge is 0.507 e. The van der Waals surface area contributed by atoms with E-state index in [4.69, 9.17) is 15.3 Å². The van der Waals surface area contributed by atoms with Gasteiger partial charge in [-0.3, -0.25) is 0 Å². The predicted octanol–water partition coefficient (Wildman–Crippen LogP) is 2.17. The highest BCUT2D eigenvalue weighted by Crippen LogP contribution is 2.24. The second-order valence-corrected chi connectivity index (χ2v) is 3.99. The number of aromatic hydroxyl groups is 1. The van der Waals surface area contributed by atoms with Crippen molar-refractivity contribution in [1.29, 1.82) is 0 Å². The van der Waals surface area contributed by atoms with Crippen molar-refractivity contribution in [3.05, 3.63) is 65.2 Å². The van der Waals surface area contributed by atoms with Crippen LogP contribution >= 0.6 is 0 Å². The van der Waals surface area contributed by atoms with Crippen molar-refractivity contribution < 1.29 is 34.8 Å². The van der Waals surface area contributed by atoms with Gasteiger partial charge in [-0.05, 0) is 12.1 Å². The number of hydrogen-bond acceptors (Lipinski definition) is 4. The van der Waals surface area contributed by atoms with Crippen LogP contribution in [0.4, 0.5) is 0 Å². The Labute approximate surface area is 124 Å². The van der Waals surface area contributed by atoms with Gasteiger partial charge >= 0.3 is 17.9 Å². The van der Waals surface area contributed by atoms with E-state index in [1.54, 1.807) is 0 Å². The molecule has 0 saturated carbocycles. The van der Waals surface area contributed by atoms with Crippen molar-refractivity contribution in [2.75, 3.05) is 0 Å². The van der Waals surface area contributed by atoms with Crippen LogP contribution in [0, 0.1) is 0 Å². The number of carboxylic acids is 3. The Morgan fingerprint density at radius 3 is 1.45 bits per heavy atom. The molecule has 2 aromatic carbocycles. The van der Waals surface area contributed by atoms with Crippen LogP contribution in [0.1, 0.15) is 31.1 Å². The van der Waals surface area contributed by atoms with Gasteiger partial charge < -0.3 is 20.4 Å². The summed E-state index contributed by atoms with van der Waals surface area (Å²) < 4.78 is 0. The maximum Gasteiger partial charge on any atom is 0.340 e. The van der Waals surface area contributed by atoms with Gasteiger partial charge in [-0.15, -0.1) is 0 Å².